The first kappa shape index (κ1) is 20.2. The summed E-state index contributed by atoms with van der Waals surface area (Å²) in [5.41, 5.74) is 2.30. The van der Waals surface area contributed by atoms with E-state index in [1.807, 2.05) is 0 Å². The van der Waals surface area contributed by atoms with E-state index in [2.05, 4.69) is 34.6 Å². The van der Waals surface area contributed by atoms with Crippen molar-refractivity contribution in [1.82, 2.24) is 23.9 Å². The molecule has 4 heterocycles. The minimum absolute atomic E-state index is 0.0442. The Bertz CT molecular complexity index is 1240. The van der Waals surface area contributed by atoms with E-state index in [0.29, 0.717) is 29.2 Å². The highest BCUT2D eigenvalue weighted by molar-refractivity contribution is 6.76. The highest BCUT2D eigenvalue weighted by atomic mass is 28.3. The molecule has 4 rings (SSSR count). The summed E-state index contributed by atoms with van der Waals surface area (Å²) in [4.78, 5) is 25.0. The number of aromatic nitrogens is 5. The molecule has 0 aliphatic carbocycles. The third kappa shape index (κ3) is 3.96. The summed E-state index contributed by atoms with van der Waals surface area (Å²) in [5, 5.41) is 9.62. The van der Waals surface area contributed by atoms with Gasteiger partial charge in [-0.15, -0.1) is 0 Å². The van der Waals surface area contributed by atoms with Crippen LogP contribution in [0, 0.1) is 5.82 Å². The molecular weight excluding hydrogens is 405 g/mol. The molecule has 0 amide bonds. The lowest BCUT2D eigenvalue weighted by atomic mass is 10.2. The van der Waals surface area contributed by atoms with Crippen molar-refractivity contribution in [2.24, 2.45) is 0 Å². The number of hydrogen-bond donors (Lipinski definition) is 1. The third-order valence-electron chi connectivity index (χ3n) is 4.76. The fraction of sp³-hybridized carbons (Fsp3) is 0.300. The average Bonchev–Trinajstić information content (AvgIpc) is 3.25. The summed E-state index contributed by atoms with van der Waals surface area (Å²) in [6.45, 7) is 7.62. The van der Waals surface area contributed by atoms with Gasteiger partial charge in [-0.05, 0) is 18.2 Å². The van der Waals surface area contributed by atoms with Crippen LogP contribution in [0.3, 0.4) is 0 Å². The van der Waals surface area contributed by atoms with Crippen LogP contribution in [0.15, 0.2) is 37.1 Å². The molecule has 0 aliphatic heterocycles. The maximum atomic E-state index is 13.4. The number of rotatable bonds is 7. The van der Waals surface area contributed by atoms with Crippen LogP contribution in [0.4, 0.5) is 4.39 Å². The van der Waals surface area contributed by atoms with E-state index in [9.17, 15) is 14.3 Å². The number of halogens is 1. The fourth-order valence-corrected chi connectivity index (χ4v) is 3.89. The third-order valence-corrected chi connectivity index (χ3v) is 6.46. The van der Waals surface area contributed by atoms with Crippen LogP contribution in [0.1, 0.15) is 10.4 Å². The van der Waals surface area contributed by atoms with Crippen LogP contribution < -0.4 is 0 Å². The van der Waals surface area contributed by atoms with Crippen LogP contribution in [-0.4, -0.2) is 49.7 Å². The minimum Gasteiger partial charge on any atom is -0.478 e. The van der Waals surface area contributed by atoms with Gasteiger partial charge in [0.25, 0.3) is 0 Å². The zero-order chi connectivity index (χ0) is 21.5. The maximum absolute atomic E-state index is 13.4. The van der Waals surface area contributed by atoms with Gasteiger partial charge in [0, 0.05) is 27.1 Å². The second kappa shape index (κ2) is 7.61. The normalized spacial score (nSPS) is 12.1. The molecule has 4 aromatic heterocycles. The molecule has 0 radical (unpaired) electrons. The standard InChI is InChI=1S/C20H22FN5O3Si/c1-30(2,3)7-6-29-12-26-10-14(20(27)28)17-19(26)22-8-15(24-17)18-16-5-4-13(21)9-25(16)11-23-18/h4-5,8-11H,6-7,12H2,1-3H3,(H,27,28). The number of ether oxygens (including phenoxy) is 1. The largest absolute Gasteiger partial charge is 0.478 e. The minimum atomic E-state index is -1.21. The summed E-state index contributed by atoms with van der Waals surface area (Å²) in [6, 6.07) is 3.95. The number of hydrogen-bond acceptors (Lipinski definition) is 5. The lowest BCUT2D eigenvalue weighted by Crippen LogP contribution is -2.22. The first-order valence-corrected chi connectivity index (χ1v) is 13.2. The summed E-state index contributed by atoms with van der Waals surface area (Å²) in [5.74, 6) is -1.48. The van der Waals surface area contributed by atoms with Crippen molar-refractivity contribution in [1.29, 1.82) is 0 Å². The van der Waals surface area contributed by atoms with Gasteiger partial charge in [-0.2, -0.15) is 0 Å². The molecule has 1 N–H and O–H groups in total. The molecule has 156 valence electrons. The van der Waals surface area contributed by atoms with Crippen molar-refractivity contribution < 1.29 is 19.0 Å². The van der Waals surface area contributed by atoms with E-state index >= 15 is 0 Å². The molecular formula is C20H22FN5O3Si. The van der Waals surface area contributed by atoms with Crippen LogP contribution in [0.5, 0.6) is 0 Å². The van der Waals surface area contributed by atoms with Gasteiger partial charge in [-0.1, -0.05) is 19.6 Å². The lowest BCUT2D eigenvalue weighted by Gasteiger charge is -2.15. The molecule has 4 aromatic rings. The van der Waals surface area contributed by atoms with Crippen molar-refractivity contribution in [3.8, 4) is 11.4 Å². The Morgan fingerprint density at radius 3 is 2.77 bits per heavy atom. The van der Waals surface area contributed by atoms with Gasteiger partial charge in [0.05, 0.1) is 11.7 Å². The molecule has 0 aromatic carbocycles. The fourth-order valence-electron chi connectivity index (χ4n) is 3.13. The van der Waals surface area contributed by atoms with Gasteiger partial charge >= 0.3 is 5.97 Å². The van der Waals surface area contributed by atoms with E-state index in [1.165, 1.54) is 31.0 Å². The number of aromatic carboxylic acids is 1. The Kier molecular flexibility index (Phi) is 5.12. The number of carboxylic acids is 1. The summed E-state index contributed by atoms with van der Waals surface area (Å²) < 4.78 is 22.4. The van der Waals surface area contributed by atoms with Gasteiger partial charge in [0.15, 0.2) is 5.65 Å². The Labute approximate surface area is 173 Å². The van der Waals surface area contributed by atoms with E-state index in [4.69, 9.17) is 4.74 Å². The van der Waals surface area contributed by atoms with E-state index < -0.39 is 14.0 Å². The monoisotopic (exact) mass is 427 g/mol. The molecule has 10 heteroatoms. The van der Waals surface area contributed by atoms with Crippen LogP contribution in [0.25, 0.3) is 28.1 Å². The summed E-state index contributed by atoms with van der Waals surface area (Å²) >= 11 is 0. The maximum Gasteiger partial charge on any atom is 0.339 e. The van der Waals surface area contributed by atoms with Gasteiger partial charge in [0.1, 0.15) is 41.3 Å². The van der Waals surface area contributed by atoms with Crippen molar-refractivity contribution >= 4 is 30.7 Å². The number of nitrogens with zero attached hydrogens (tertiary/aromatic N) is 5. The van der Waals surface area contributed by atoms with Gasteiger partial charge in [0.2, 0.25) is 0 Å². The first-order chi connectivity index (χ1) is 14.2. The number of imidazole rings is 1. The van der Waals surface area contributed by atoms with Crippen molar-refractivity contribution in [3.63, 3.8) is 0 Å². The molecule has 30 heavy (non-hydrogen) atoms. The second-order valence-corrected chi connectivity index (χ2v) is 13.9. The quantitative estimate of drug-likeness (QED) is 0.355. The van der Waals surface area contributed by atoms with E-state index in [0.717, 1.165) is 6.04 Å². The number of fused-ring (bicyclic) bond motifs is 2. The molecule has 0 unspecified atom stereocenters. The zero-order valence-electron chi connectivity index (χ0n) is 17.0. The Morgan fingerprint density at radius 1 is 1.23 bits per heavy atom. The van der Waals surface area contributed by atoms with E-state index in [1.54, 1.807) is 15.0 Å². The van der Waals surface area contributed by atoms with Crippen LogP contribution in [0.2, 0.25) is 25.7 Å². The molecule has 0 bridgehead atoms. The van der Waals surface area contributed by atoms with Crippen molar-refractivity contribution in [3.05, 3.63) is 48.4 Å². The Balaban J connectivity index is 1.69. The number of carbonyl (C=O) groups is 1. The molecule has 0 saturated carbocycles. The predicted molar refractivity (Wildman–Crippen MR) is 113 cm³/mol. The Hall–Kier alpha value is -3.11. The molecule has 0 spiro atoms. The zero-order valence-corrected chi connectivity index (χ0v) is 18.0. The van der Waals surface area contributed by atoms with Crippen LogP contribution >= 0.6 is 0 Å². The lowest BCUT2D eigenvalue weighted by molar-refractivity contribution is 0.0696. The SMILES string of the molecule is C[Si](C)(C)CCOCn1cc(C(=O)O)c2nc(-c3ncn4cc(F)ccc34)cnc21. The van der Waals surface area contributed by atoms with Gasteiger partial charge in [-0.25, -0.2) is 24.1 Å². The second-order valence-electron chi connectivity index (χ2n) is 8.33. The summed E-state index contributed by atoms with van der Waals surface area (Å²) in [7, 11) is -1.21. The molecule has 0 atom stereocenters. The number of carboxylic acid groups (broad SMARTS) is 1. The van der Waals surface area contributed by atoms with Gasteiger partial charge < -0.3 is 18.8 Å². The van der Waals surface area contributed by atoms with E-state index in [-0.39, 0.29) is 23.6 Å². The summed E-state index contributed by atoms with van der Waals surface area (Å²) in [6.07, 6.45) is 5.83. The first-order valence-electron chi connectivity index (χ1n) is 9.52. The molecule has 8 nitrogen and oxygen atoms in total. The molecule has 0 fully saturated rings. The van der Waals surface area contributed by atoms with Crippen molar-refractivity contribution in [2.45, 2.75) is 32.4 Å². The molecule has 0 saturated heterocycles. The molecule has 0 aliphatic rings. The number of pyridine rings is 1. The smallest absolute Gasteiger partial charge is 0.339 e. The average molecular weight is 428 g/mol. The predicted octanol–water partition coefficient (Wildman–Crippen LogP) is 3.90. The highest BCUT2D eigenvalue weighted by Crippen LogP contribution is 2.25. The van der Waals surface area contributed by atoms with Crippen molar-refractivity contribution in [2.75, 3.05) is 6.61 Å². The highest BCUT2D eigenvalue weighted by Gasteiger charge is 2.20. The Morgan fingerprint density at radius 2 is 2.03 bits per heavy atom. The topological polar surface area (TPSA) is 94.5 Å². The van der Waals surface area contributed by atoms with Crippen LogP contribution in [-0.2, 0) is 11.5 Å². The van der Waals surface area contributed by atoms with Gasteiger partial charge in [-0.3, -0.25) is 0 Å².